The van der Waals surface area contributed by atoms with Gasteiger partial charge >= 0.3 is 0 Å². The van der Waals surface area contributed by atoms with Crippen LogP contribution in [0, 0.1) is 5.92 Å². The largest absolute Gasteiger partial charge is 0.310 e. The molecule has 1 fully saturated rings. The Bertz CT molecular complexity index is 342. The lowest BCUT2D eigenvalue weighted by Gasteiger charge is -2.30. The van der Waals surface area contributed by atoms with Crippen molar-refractivity contribution in [2.45, 2.75) is 39.2 Å². The number of hydrogen-bond acceptors (Lipinski definition) is 2. The standard InChI is InChI=1S/C17H28N2/c1-15-9-13-19(14-10-15)12-6-11-18-16(2)17-7-4-3-5-8-17/h3-5,7-8,15-16,18H,6,9-14H2,1-2H3. The van der Waals surface area contributed by atoms with E-state index in [2.05, 4.69) is 54.4 Å². The third-order valence-electron chi connectivity index (χ3n) is 4.28. The van der Waals surface area contributed by atoms with Crippen molar-refractivity contribution in [2.24, 2.45) is 5.92 Å². The van der Waals surface area contributed by atoms with Gasteiger partial charge in [-0.3, -0.25) is 0 Å². The summed E-state index contributed by atoms with van der Waals surface area (Å²) in [4.78, 5) is 2.62. The summed E-state index contributed by atoms with van der Waals surface area (Å²) in [6.07, 6.45) is 4.02. The van der Waals surface area contributed by atoms with Crippen molar-refractivity contribution in [1.29, 1.82) is 0 Å². The summed E-state index contributed by atoms with van der Waals surface area (Å²) in [6, 6.07) is 11.2. The number of nitrogens with zero attached hydrogens (tertiary/aromatic N) is 1. The van der Waals surface area contributed by atoms with Crippen LogP contribution >= 0.6 is 0 Å². The second-order valence-electron chi connectivity index (χ2n) is 5.96. The normalized spacial score (nSPS) is 19.5. The topological polar surface area (TPSA) is 15.3 Å². The molecule has 1 aromatic rings. The van der Waals surface area contributed by atoms with Crippen molar-refractivity contribution in [3.63, 3.8) is 0 Å². The molecule has 0 aromatic heterocycles. The molecule has 2 rings (SSSR count). The fourth-order valence-electron chi connectivity index (χ4n) is 2.77. The molecule has 1 heterocycles. The molecule has 1 aromatic carbocycles. The molecule has 1 aliphatic heterocycles. The summed E-state index contributed by atoms with van der Waals surface area (Å²) in [7, 11) is 0. The quantitative estimate of drug-likeness (QED) is 0.788. The molecule has 1 saturated heterocycles. The molecular formula is C17H28N2. The first-order valence-corrected chi connectivity index (χ1v) is 7.76. The van der Waals surface area contributed by atoms with Crippen molar-refractivity contribution >= 4 is 0 Å². The van der Waals surface area contributed by atoms with Crippen LogP contribution in [0.2, 0.25) is 0 Å². The van der Waals surface area contributed by atoms with Gasteiger partial charge in [0.25, 0.3) is 0 Å². The van der Waals surface area contributed by atoms with Gasteiger partial charge in [0.05, 0.1) is 0 Å². The second kappa shape index (κ2) is 7.66. The van der Waals surface area contributed by atoms with Crippen LogP contribution < -0.4 is 5.32 Å². The molecule has 106 valence electrons. The first kappa shape index (κ1) is 14.5. The minimum atomic E-state index is 0.461. The van der Waals surface area contributed by atoms with Crippen molar-refractivity contribution in [3.05, 3.63) is 35.9 Å². The SMILES string of the molecule is CC1CCN(CCCNC(C)c2ccccc2)CC1. The average molecular weight is 260 g/mol. The van der Waals surface area contributed by atoms with E-state index in [0.717, 1.165) is 12.5 Å². The Morgan fingerprint density at radius 2 is 1.89 bits per heavy atom. The number of rotatable bonds is 6. The second-order valence-corrected chi connectivity index (χ2v) is 5.96. The lowest BCUT2D eigenvalue weighted by Crippen LogP contribution is -2.35. The Kier molecular flexibility index (Phi) is 5.87. The molecule has 2 nitrogen and oxygen atoms in total. The molecule has 2 heteroatoms. The maximum atomic E-state index is 3.62. The van der Waals surface area contributed by atoms with Crippen molar-refractivity contribution in [3.8, 4) is 0 Å². The number of benzene rings is 1. The monoisotopic (exact) mass is 260 g/mol. The zero-order valence-electron chi connectivity index (χ0n) is 12.4. The minimum Gasteiger partial charge on any atom is -0.310 e. The molecule has 1 atom stereocenters. The molecule has 0 saturated carbocycles. The van der Waals surface area contributed by atoms with Crippen LogP contribution in [0.5, 0.6) is 0 Å². The Hall–Kier alpha value is -0.860. The van der Waals surface area contributed by atoms with E-state index in [0.29, 0.717) is 6.04 Å². The number of piperidine rings is 1. The third kappa shape index (κ3) is 4.96. The van der Waals surface area contributed by atoms with Crippen LogP contribution in [0.4, 0.5) is 0 Å². The molecule has 1 aliphatic rings. The van der Waals surface area contributed by atoms with E-state index in [4.69, 9.17) is 0 Å². The maximum absolute atomic E-state index is 3.62. The highest BCUT2D eigenvalue weighted by Crippen LogP contribution is 2.16. The van der Waals surface area contributed by atoms with Crippen LogP contribution in [-0.2, 0) is 0 Å². The van der Waals surface area contributed by atoms with E-state index in [1.807, 2.05) is 0 Å². The van der Waals surface area contributed by atoms with E-state index < -0.39 is 0 Å². The van der Waals surface area contributed by atoms with Gasteiger partial charge < -0.3 is 10.2 Å². The first-order chi connectivity index (χ1) is 9.25. The van der Waals surface area contributed by atoms with Crippen LogP contribution in [0.15, 0.2) is 30.3 Å². The maximum Gasteiger partial charge on any atom is 0.0291 e. The predicted octanol–water partition coefficient (Wildman–Crippen LogP) is 3.46. The highest BCUT2D eigenvalue weighted by atomic mass is 15.1. The fourth-order valence-corrected chi connectivity index (χ4v) is 2.77. The molecule has 0 amide bonds. The Morgan fingerprint density at radius 1 is 1.21 bits per heavy atom. The van der Waals surface area contributed by atoms with Gasteiger partial charge in [-0.25, -0.2) is 0 Å². The summed E-state index contributed by atoms with van der Waals surface area (Å²) in [5.41, 5.74) is 1.38. The van der Waals surface area contributed by atoms with Gasteiger partial charge in [-0.1, -0.05) is 37.3 Å². The van der Waals surface area contributed by atoms with Gasteiger partial charge in [0.2, 0.25) is 0 Å². The van der Waals surface area contributed by atoms with Crippen molar-refractivity contribution < 1.29 is 0 Å². The fraction of sp³-hybridized carbons (Fsp3) is 0.647. The zero-order valence-corrected chi connectivity index (χ0v) is 12.4. The molecule has 0 spiro atoms. The van der Waals surface area contributed by atoms with E-state index in [1.165, 1.54) is 44.5 Å². The van der Waals surface area contributed by atoms with Gasteiger partial charge in [-0.15, -0.1) is 0 Å². The minimum absolute atomic E-state index is 0.461. The summed E-state index contributed by atoms with van der Waals surface area (Å²) in [5.74, 6) is 0.937. The Morgan fingerprint density at radius 3 is 2.58 bits per heavy atom. The molecule has 19 heavy (non-hydrogen) atoms. The summed E-state index contributed by atoms with van der Waals surface area (Å²) < 4.78 is 0. The van der Waals surface area contributed by atoms with E-state index >= 15 is 0 Å². The van der Waals surface area contributed by atoms with Crippen LogP contribution in [-0.4, -0.2) is 31.1 Å². The van der Waals surface area contributed by atoms with Gasteiger partial charge in [0, 0.05) is 6.04 Å². The summed E-state index contributed by atoms with van der Waals surface area (Å²) in [5, 5.41) is 3.62. The van der Waals surface area contributed by atoms with Gasteiger partial charge in [0.1, 0.15) is 0 Å². The number of nitrogens with one attached hydrogen (secondary N) is 1. The Labute approximate surface area is 118 Å². The van der Waals surface area contributed by atoms with E-state index in [-0.39, 0.29) is 0 Å². The highest BCUT2D eigenvalue weighted by molar-refractivity contribution is 5.17. The van der Waals surface area contributed by atoms with E-state index in [1.54, 1.807) is 0 Å². The third-order valence-corrected chi connectivity index (χ3v) is 4.28. The Balaban J connectivity index is 1.59. The predicted molar refractivity (Wildman–Crippen MR) is 82.3 cm³/mol. The van der Waals surface area contributed by atoms with Crippen LogP contribution in [0.3, 0.4) is 0 Å². The van der Waals surface area contributed by atoms with Gasteiger partial charge in [-0.2, -0.15) is 0 Å². The molecule has 0 aliphatic carbocycles. The molecule has 0 radical (unpaired) electrons. The van der Waals surface area contributed by atoms with Gasteiger partial charge in [0.15, 0.2) is 0 Å². The number of likely N-dealkylation sites (tertiary alicyclic amines) is 1. The number of hydrogen-bond donors (Lipinski definition) is 1. The van der Waals surface area contributed by atoms with Crippen molar-refractivity contribution in [2.75, 3.05) is 26.2 Å². The molecule has 0 bridgehead atoms. The van der Waals surface area contributed by atoms with Crippen LogP contribution in [0.1, 0.15) is 44.7 Å². The van der Waals surface area contributed by atoms with Gasteiger partial charge in [-0.05, 0) is 63.8 Å². The van der Waals surface area contributed by atoms with Crippen LogP contribution in [0.25, 0.3) is 0 Å². The molecule has 1 unspecified atom stereocenters. The smallest absolute Gasteiger partial charge is 0.0291 e. The zero-order chi connectivity index (χ0) is 13.5. The first-order valence-electron chi connectivity index (χ1n) is 7.76. The van der Waals surface area contributed by atoms with Crippen molar-refractivity contribution in [1.82, 2.24) is 10.2 Å². The lowest BCUT2D eigenvalue weighted by atomic mass is 9.99. The summed E-state index contributed by atoms with van der Waals surface area (Å²) in [6.45, 7) is 9.59. The van der Waals surface area contributed by atoms with E-state index in [9.17, 15) is 0 Å². The molecular weight excluding hydrogens is 232 g/mol. The highest BCUT2D eigenvalue weighted by Gasteiger charge is 2.14. The molecule has 1 N–H and O–H groups in total. The average Bonchev–Trinajstić information content (AvgIpc) is 2.46. The summed E-state index contributed by atoms with van der Waals surface area (Å²) >= 11 is 0. The lowest BCUT2D eigenvalue weighted by molar-refractivity contribution is 0.190.